The van der Waals surface area contributed by atoms with Gasteiger partial charge in [-0.1, -0.05) is 0 Å². The van der Waals surface area contributed by atoms with Crippen molar-refractivity contribution in [3.05, 3.63) is 32.8 Å². The zero-order chi connectivity index (χ0) is 14.0. The van der Waals surface area contributed by atoms with E-state index >= 15 is 0 Å². The Bertz CT molecular complexity index is 608. The second-order valence-electron chi connectivity index (χ2n) is 4.41. The third kappa shape index (κ3) is 3.38. The van der Waals surface area contributed by atoms with Crippen molar-refractivity contribution in [1.82, 2.24) is 10.3 Å². The number of aliphatic hydroxyl groups excluding tert-OH is 1. The van der Waals surface area contributed by atoms with Crippen molar-refractivity contribution in [2.45, 2.75) is 19.4 Å². The van der Waals surface area contributed by atoms with E-state index in [4.69, 9.17) is 5.11 Å². The molecule has 0 fully saturated rings. The molecule has 3 N–H and O–H groups in total. The molecule has 1 aromatic heterocycles. The topological polar surface area (TPSA) is 65.1 Å². The Balaban J connectivity index is 2.20. The molecule has 0 aliphatic rings. The summed E-state index contributed by atoms with van der Waals surface area (Å²) in [5.74, 6) is -0.138. The summed E-state index contributed by atoms with van der Waals surface area (Å²) in [4.78, 5) is 15.1. The summed E-state index contributed by atoms with van der Waals surface area (Å²) >= 11 is 6.86. The molecule has 0 radical (unpaired) electrons. The first-order chi connectivity index (χ1) is 8.99. The summed E-state index contributed by atoms with van der Waals surface area (Å²) in [6.45, 7) is 2.16. The summed E-state index contributed by atoms with van der Waals surface area (Å²) in [6, 6.07) is 3.82. The SMILES string of the molecule is CC(O)CCNC(=O)c1c[nH]c2cc(Br)c(Br)cc12. The van der Waals surface area contributed by atoms with Gasteiger partial charge in [0.25, 0.3) is 5.91 Å². The van der Waals surface area contributed by atoms with E-state index in [1.807, 2.05) is 12.1 Å². The first-order valence-electron chi connectivity index (χ1n) is 5.91. The van der Waals surface area contributed by atoms with Crippen LogP contribution in [0.25, 0.3) is 10.9 Å². The van der Waals surface area contributed by atoms with Gasteiger partial charge in [0.1, 0.15) is 0 Å². The summed E-state index contributed by atoms with van der Waals surface area (Å²) in [5.41, 5.74) is 1.50. The average molecular weight is 390 g/mol. The van der Waals surface area contributed by atoms with Crippen molar-refractivity contribution in [3.8, 4) is 0 Å². The number of nitrogens with one attached hydrogen (secondary N) is 2. The van der Waals surface area contributed by atoms with Crippen molar-refractivity contribution < 1.29 is 9.90 Å². The molecule has 0 aliphatic heterocycles. The molecular weight excluding hydrogens is 376 g/mol. The van der Waals surface area contributed by atoms with Crippen LogP contribution < -0.4 is 5.32 Å². The highest BCUT2D eigenvalue weighted by Crippen LogP contribution is 2.29. The van der Waals surface area contributed by atoms with Gasteiger partial charge in [-0.25, -0.2) is 0 Å². The van der Waals surface area contributed by atoms with E-state index in [9.17, 15) is 4.79 Å². The summed E-state index contributed by atoms with van der Waals surface area (Å²) in [7, 11) is 0. The third-order valence-electron chi connectivity index (χ3n) is 2.81. The predicted molar refractivity (Wildman–Crippen MR) is 82.3 cm³/mol. The summed E-state index contributed by atoms with van der Waals surface area (Å²) in [6.07, 6.45) is 1.83. The van der Waals surface area contributed by atoms with Gasteiger partial charge >= 0.3 is 0 Å². The molecule has 0 spiro atoms. The summed E-state index contributed by atoms with van der Waals surface area (Å²) < 4.78 is 1.83. The molecule has 6 heteroatoms. The number of benzene rings is 1. The quantitative estimate of drug-likeness (QED) is 0.751. The van der Waals surface area contributed by atoms with Crippen LogP contribution in [-0.4, -0.2) is 28.6 Å². The zero-order valence-electron chi connectivity index (χ0n) is 10.3. The number of rotatable bonds is 4. The largest absolute Gasteiger partial charge is 0.393 e. The van der Waals surface area contributed by atoms with E-state index in [1.54, 1.807) is 13.1 Å². The number of carbonyl (C=O) groups is 1. The number of hydrogen-bond acceptors (Lipinski definition) is 2. The lowest BCUT2D eigenvalue weighted by molar-refractivity contribution is 0.0947. The number of halogens is 2. The number of H-pyrrole nitrogens is 1. The molecule has 4 nitrogen and oxygen atoms in total. The van der Waals surface area contributed by atoms with E-state index < -0.39 is 6.10 Å². The van der Waals surface area contributed by atoms with Crippen LogP contribution in [0.3, 0.4) is 0 Å². The number of fused-ring (bicyclic) bond motifs is 1. The van der Waals surface area contributed by atoms with Crippen molar-refractivity contribution in [3.63, 3.8) is 0 Å². The number of aliphatic hydroxyl groups is 1. The van der Waals surface area contributed by atoms with Crippen LogP contribution in [0.4, 0.5) is 0 Å². The van der Waals surface area contributed by atoms with E-state index in [0.717, 1.165) is 19.8 Å². The maximum Gasteiger partial charge on any atom is 0.253 e. The molecule has 0 saturated heterocycles. The Morgan fingerprint density at radius 1 is 1.42 bits per heavy atom. The summed E-state index contributed by atoms with van der Waals surface area (Å²) in [5, 5.41) is 12.8. The minimum Gasteiger partial charge on any atom is -0.393 e. The second kappa shape index (κ2) is 6.07. The molecule has 1 atom stereocenters. The van der Waals surface area contributed by atoms with Crippen molar-refractivity contribution in [1.29, 1.82) is 0 Å². The fourth-order valence-corrected chi connectivity index (χ4v) is 2.48. The third-order valence-corrected chi connectivity index (χ3v) is 4.66. The molecule has 19 heavy (non-hydrogen) atoms. The van der Waals surface area contributed by atoms with Crippen LogP contribution in [0.1, 0.15) is 23.7 Å². The molecule has 1 amide bonds. The highest BCUT2D eigenvalue weighted by atomic mass is 79.9. The normalized spacial score (nSPS) is 12.6. The second-order valence-corrected chi connectivity index (χ2v) is 6.12. The minimum absolute atomic E-state index is 0.138. The Morgan fingerprint density at radius 2 is 2.11 bits per heavy atom. The molecule has 0 aliphatic carbocycles. The average Bonchev–Trinajstić information content (AvgIpc) is 2.72. The number of hydrogen-bond donors (Lipinski definition) is 3. The molecule has 0 bridgehead atoms. The van der Waals surface area contributed by atoms with Gasteiger partial charge in [0, 0.05) is 32.6 Å². The van der Waals surface area contributed by atoms with Gasteiger partial charge in [0.2, 0.25) is 0 Å². The highest BCUT2D eigenvalue weighted by molar-refractivity contribution is 9.13. The molecule has 2 rings (SSSR count). The molecule has 102 valence electrons. The fraction of sp³-hybridized carbons (Fsp3) is 0.308. The zero-order valence-corrected chi connectivity index (χ0v) is 13.5. The van der Waals surface area contributed by atoms with E-state index in [-0.39, 0.29) is 5.91 Å². The number of aromatic amines is 1. The molecular formula is C13H14Br2N2O2. The Hall–Kier alpha value is -0.850. The van der Waals surface area contributed by atoms with Crippen molar-refractivity contribution in [2.24, 2.45) is 0 Å². The van der Waals surface area contributed by atoms with Gasteiger partial charge in [0.15, 0.2) is 0 Å². The molecule has 1 aromatic carbocycles. The van der Waals surface area contributed by atoms with Crippen molar-refractivity contribution >= 4 is 48.7 Å². The van der Waals surface area contributed by atoms with Crippen LogP contribution in [-0.2, 0) is 0 Å². The highest BCUT2D eigenvalue weighted by Gasteiger charge is 2.13. The van der Waals surface area contributed by atoms with E-state index in [0.29, 0.717) is 18.5 Å². The van der Waals surface area contributed by atoms with E-state index in [2.05, 4.69) is 42.2 Å². The van der Waals surface area contributed by atoms with Crippen LogP contribution in [0.2, 0.25) is 0 Å². The maximum atomic E-state index is 12.1. The number of carbonyl (C=O) groups excluding carboxylic acids is 1. The minimum atomic E-state index is -0.409. The molecule has 0 saturated carbocycles. The van der Waals surface area contributed by atoms with E-state index in [1.165, 1.54) is 0 Å². The Morgan fingerprint density at radius 3 is 2.79 bits per heavy atom. The lowest BCUT2D eigenvalue weighted by Gasteiger charge is -2.06. The molecule has 1 heterocycles. The van der Waals surface area contributed by atoms with Gasteiger partial charge in [0.05, 0.1) is 11.7 Å². The monoisotopic (exact) mass is 388 g/mol. The smallest absolute Gasteiger partial charge is 0.253 e. The number of aromatic nitrogens is 1. The fourth-order valence-electron chi connectivity index (χ4n) is 1.79. The molecule has 1 unspecified atom stereocenters. The van der Waals surface area contributed by atoms with Gasteiger partial charge < -0.3 is 15.4 Å². The first kappa shape index (κ1) is 14.6. The first-order valence-corrected chi connectivity index (χ1v) is 7.50. The Kier molecular flexibility index (Phi) is 4.65. The lowest BCUT2D eigenvalue weighted by Crippen LogP contribution is -2.26. The predicted octanol–water partition coefficient (Wildman–Crippen LogP) is 3.19. The van der Waals surface area contributed by atoms with Crippen LogP contribution in [0.15, 0.2) is 27.3 Å². The van der Waals surface area contributed by atoms with Crippen LogP contribution in [0.5, 0.6) is 0 Å². The standard InChI is InChI=1S/C13H14Br2N2O2/c1-7(18)2-3-16-13(19)9-6-17-12-5-11(15)10(14)4-8(9)12/h4-7,17-18H,2-3H2,1H3,(H,16,19). The van der Waals surface area contributed by atoms with Crippen LogP contribution >= 0.6 is 31.9 Å². The molecule has 2 aromatic rings. The van der Waals surface area contributed by atoms with Crippen molar-refractivity contribution in [2.75, 3.05) is 6.54 Å². The van der Waals surface area contributed by atoms with Crippen LogP contribution in [0, 0.1) is 0 Å². The van der Waals surface area contributed by atoms with Gasteiger partial charge in [-0.3, -0.25) is 4.79 Å². The lowest BCUT2D eigenvalue weighted by atomic mass is 10.1. The maximum absolute atomic E-state index is 12.1. The van der Waals surface area contributed by atoms with Gasteiger partial charge in [-0.05, 0) is 57.3 Å². The van der Waals surface area contributed by atoms with Gasteiger partial charge in [-0.15, -0.1) is 0 Å². The number of amides is 1. The van der Waals surface area contributed by atoms with Gasteiger partial charge in [-0.2, -0.15) is 0 Å². The Labute approximate surface area is 127 Å².